The van der Waals surface area contributed by atoms with Crippen LogP contribution in [0.3, 0.4) is 0 Å². The highest BCUT2D eigenvalue weighted by atomic mass is 19.1. The van der Waals surface area contributed by atoms with Crippen molar-refractivity contribution >= 4 is 0 Å². The van der Waals surface area contributed by atoms with E-state index >= 15 is 0 Å². The molecule has 0 aliphatic carbocycles. The Morgan fingerprint density at radius 1 is 1.53 bits per heavy atom. The molecule has 4 heteroatoms. The number of hydrogen-bond donors (Lipinski definition) is 1. The van der Waals surface area contributed by atoms with Gasteiger partial charge in [-0.25, -0.2) is 4.39 Å². The number of nitrogens with two attached hydrogens (primary N) is 1. The van der Waals surface area contributed by atoms with E-state index in [0.717, 1.165) is 18.5 Å². The molecule has 0 saturated heterocycles. The molecule has 2 N–H and O–H groups in total. The molecule has 1 atom stereocenters. The largest absolute Gasteiger partial charge is 0.330 e. The Morgan fingerprint density at radius 3 is 2.87 bits per heavy atom. The fourth-order valence-electron chi connectivity index (χ4n) is 1.45. The van der Waals surface area contributed by atoms with E-state index in [1.54, 1.807) is 6.20 Å². The van der Waals surface area contributed by atoms with Gasteiger partial charge in [0.25, 0.3) is 0 Å². The van der Waals surface area contributed by atoms with Gasteiger partial charge in [0.15, 0.2) is 0 Å². The summed E-state index contributed by atoms with van der Waals surface area (Å²) in [7, 11) is 2.01. The van der Waals surface area contributed by atoms with Crippen molar-refractivity contribution in [3.8, 4) is 0 Å². The predicted molar refractivity (Wildman–Crippen MR) is 58.9 cm³/mol. The van der Waals surface area contributed by atoms with Crippen molar-refractivity contribution in [2.75, 3.05) is 20.1 Å². The molecule has 0 aliphatic rings. The molecule has 1 heterocycles. The van der Waals surface area contributed by atoms with Gasteiger partial charge in [-0.05, 0) is 45.1 Å². The Labute approximate surface area is 90.1 Å². The second kappa shape index (κ2) is 5.78. The first-order valence-corrected chi connectivity index (χ1v) is 5.16. The number of hydrogen-bond acceptors (Lipinski definition) is 3. The van der Waals surface area contributed by atoms with Gasteiger partial charge in [0, 0.05) is 12.2 Å². The van der Waals surface area contributed by atoms with Crippen LogP contribution < -0.4 is 5.73 Å². The maximum absolute atomic E-state index is 12.9. The van der Waals surface area contributed by atoms with Crippen molar-refractivity contribution in [3.63, 3.8) is 0 Å². The van der Waals surface area contributed by atoms with E-state index in [2.05, 4.69) is 9.88 Å². The van der Waals surface area contributed by atoms with Gasteiger partial charge in [0.05, 0.1) is 6.20 Å². The van der Waals surface area contributed by atoms with Crippen LogP contribution in [0.1, 0.15) is 24.9 Å². The van der Waals surface area contributed by atoms with Gasteiger partial charge in [-0.3, -0.25) is 9.88 Å². The third kappa shape index (κ3) is 3.57. The number of pyridine rings is 1. The SMILES string of the molecule is CC(c1cncc(F)c1)N(C)CCCN. The number of aromatic nitrogens is 1. The lowest BCUT2D eigenvalue weighted by Crippen LogP contribution is -2.25. The van der Waals surface area contributed by atoms with Crippen LogP contribution in [-0.2, 0) is 0 Å². The molecule has 84 valence electrons. The summed E-state index contributed by atoms with van der Waals surface area (Å²) in [6.07, 6.45) is 3.87. The number of halogens is 1. The van der Waals surface area contributed by atoms with Crippen LogP contribution in [0, 0.1) is 5.82 Å². The summed E-state index contributed by atoms with van der Waals surface area (Å²) in [5, 5.41) is 0. The minimum atomic E-state index is -0.286. The number of rotatable bonds is 5. The van der Waals surface area contributed by atoms with Crippen molar-refractivity contribution in [1.29, 1.82) is 0 Å². The Hall–Kier alpha value is -1.00. The van der Waals surface area contributed by atoms with Crippen molar-refractivity contribution in [2.24, 2.45) is 5.73 Å². The van der Waals surface area contributed by atoms with Gasteiger partial charge in [-0.1, -0.05) is 0 Å². The van der Waals surface area contributed by atoms with Crippen LogP contribution in [0.2, 0.25) is 0 Å². The highest BCUT2D eigenvalue weighted by Gasteiger charge is 2.11. The van der Waals surface area contributed by atoms with E-state index < -0.39 is 0 Å². The van der Waals surface area contributed by atoms with Crippen molar-refractivity contribution in [2.45, 2.75) is 19.4 Å². The molecule has 0 fully saturated rings. The Kier molecular flexibility index (Phi) is 4.65. The summed E-state index contributed by atoms with van der Waals surface area (Å²) in [6, 6.07) is 1.69. The quantitative estimate of drug-likeness (QED) is 0.803. The molecule has 3 nitrogen and oxygen atoms in total. The Balaban J connectivity index is 2.62. The summed E-state index contributed by atoms with van der Waals surface area (Å²) >= 11 is 0. The predicted octanol–water partition coefficient (Wildman–Crippen LogP) is 1.56. The van der Waals surface area contributed by atoms with Gasteiger partial charge >= 0.3 is 0 Å². The first-order valence-electron chi connectivity index (χ1n) is 5.16. The summed E-state index contributed by atoms with van der Waals surface area (Å²) in [5.74, 6) is -0.286. The minimum Gasteiger partial charge on any atom is -0.330 e. The summed E-state index contributed by atoms with van der Waals surface area (Å²) in [5.41, 5.74) is 6.34. The molecule has 0 spiro atoms. The lowest BCUT2D eigenvalue weighted by Gasteiger charge is -2.24. The second-order valence-corrected chi connectivity index (χ2v) is 3.74. The standard InChI is InChI=1S/C11H18FN3/c1-9(15(2)5-3-4-13)10-6-11(12)8-14-7-10/h6-9H,3-5,13H2,1-2H3. The molecule has 0 radical (unpaired) electrons. The maximum Gasteiger partial charge on any atom is 0.141 e. The maximum atomic E-state index is 12.9. The number of nitrogens with zero attached hydrogens (tertiary/aromatic N) is 2. The van der Waals surface area contributed by atoms with Crippen molar-refractivity contribution in [3.05, 3.63) is 29.8 Å². The molecule has 0 aliphatic heterocycles. The topological polar surface area (TPSA) is 42.2 Å². The molecular weight excluding hydrogens is 193 g/mol. The van der Waals surface area contributed by atoms with E-state index in [0.29, 0.717) is 6.54 Å². The van der Waals surface area contributed by atoms with Crippen LogP contribution >= 0.6 is 0 Å². The van der Waals surface area contributed by atoms with Crippen LogP contribution in [-0.4, -0.2) is 30.0 Å². The average Bonchev–Trinajstić information content (AvgIpc) is 2.24. The molecule has 0 amide bonds. The zero-order valence-corrected chi connectivity index (χ0v) is 9.28. The zero-order valence-electron chi connectivity index (χ0n) is 9.28. The second-order valence-electron chi connectivity index (χ2n) is 3.74. The Bertz CT molecular complexity index is 304. The molecule has 1 aromatic heterocycles. The molecule has 1 aromatic rings. The molecular formula is C11H18FN3. The lowest BCUT2D eigenvalue weighted by atomic mass is 10.1. The normalized spacial score (nSPS) is 13.1. The molecule has 15 heavy (non-hydrogen) atoms. The average molecular weight is 211 g/mol. The summed E-state index contributed by atoms with van der Waals surface area (Å²) in [6.45, 7) is 3.62. The van der Waals surface area contributed by atoms with Gasteiger partial charge in [0.1, 0.15) is 5.82 Å². The van der Waals surface area contributed by atoms with Crippen LogP contribution in [0.4, 0.5) is 4.39 Å². The summed E-state index contributed by atoms with van der Waals surface area (Å²) < 4.78 is 12.9. The molecule has 0 saturated carbocycles. The monoisotopic (exact) mass is 211 g/mol. The Morgan fingerprint density at radius 2 is 2.27 bits per heavy atom. The first kappa shape index (κ1) is 12.1. The summed E-state index contributed by atoms with van der Waals surface area (Å²) in [4.78, 5) is 5.98. The minimum absolute atomic E-state index is 0.166. The van der Waals surface area contributed by atoms with Crippen molar-refractivity contribution in [1.82, 2.24) is 9.88 Å². The van der Waals surface area contributed by atoms with E-state index in [4.69, 9.17) is 5.73 Å². The van der Waals surface area contributed by atoms with Gasteiger partial charge in [-0.15, -0.1) is 0 Å². The lowest BCUT2D eigenvalue weighted by molar-refractivity contribution is 0.259. The molecule has 0 bridgehead atoms. The van der Waals surface area contributed by atoms with Gasteiger partial charge in [-0.2, -0.15) is 0 Å². The van der Waals surface area contributed by atoms with E-state index in [1.807, 2.05) is 14.0 Å². The van der Waals surface area contributed by atoms with Crippen LogP contribution in [0.5, 0.6) is 0 Å². The highest BCUT2D eigenvalue weighted by Crippen LogP contribution is 2.18. The third-order valence-corrected chi connectivity index (χ3v) is 2.58. The zero-order chi connectivity index (χ0) is 11.3. The fourth-order valence-corrected chi connectivity index (χ4v) is 1.45. The fraction of sp³-hybridized carbons (Fsp3) is 0.545. The van der Waals surface area contributed by atoms with Gasteiger partial charge < -0.3 is 5.73 Å². The smallest absolute Gasteiger partial charge is 0.141 e. The first-order chi connectivity index (χ1) is 7.15. The van der Waals surface area contributed by atoms with Crippen molar-refractivity contribution < 1.29 is 4.39 Å². The molecule has 0 aromatic carbocycles. The highest BCUT2D eigenvalue weighted by molar-refractivity contribution is 5.14. The van der Waals surface area contributed by atoms with Crippen LogP contribution in [0.15, 0.2) is 18.5 Å². The molecule has 1 rings (SSSR count). The van der Waals surface area contributed by atoms with E-state index in [1.165, 1.54) is 12.3 Å². The van der Waals surface area contributed by atoms with Gasteiger partial charge in [0.2, 0.25) is 0 Å². The van der Waals surface area contributed by atoms with Crippen LogP contribution in [0.25, 0.3) is 0 Å². The van der Waals surface area contributed by atoms with E-state index in [9.17, 15) is 4.39 Å². The third-order valence-electron chi connectivity index (χ3n) is 2.58. The molecule has 1 unspecified atom stereocenters. The van der Waals surface area contributed by atoms with E-state index in [-0.39, 0.29) is 11.9 Å².